The van der Waals surface area contributed by atoms with E-state index in [-0.39, 0.29) is 0 Å². The predicted molar refractivity (Wildman–Crippen MR) is 74.6 cm³/mol. The third kappa shape index (κ3) is 2.80. The summed E-state index contributed by atoms with van der Waals surface area (Å²) in [6.07, 6.45) is 4.53. The Morgan fingerprint density at radius 1 is 1.50 bits per heavy atom. The molecule has 1 aliphatic rings. The van der Waals surface area contributed by atoms with Crippen LogP contribution in [0.2, 0.25) is 0 Å². The third-order valence-electron chi connectivity index (χ3n) is 3.57. The number of nitrogens with two attached hydrogens (primary N) is 1. The largest absolute Gasteiger partial charge is 0.369 e. The third-order valence-corrected chi connectivity index (χ3v) is 3.57. The molecule has 2 rings (SSSR count). The van der Waals surface area contributed by atoms with E-state index in [2.05, 4.69) is 35.6 Å². The van der Waals surface area contributed by atoms with Crippen LogP contribution < -0.4 is 10.6 Å². The van der Waals surface area contributed by atoms with Crippen LogP contribution in [0.15, 0.2) is 6.20 Å². The molecule has 18 heavy (non-hydrogen) atoms. The maximum atomic E-state index is 5.84. The van der Waals surface area contributed by atoms with Gasteiger partial charge in [-0.1, -0.05) is 20.8 Å². The Morgan fingerprint density at radius 2 is 2.28 bits per heavy atom. The fraction of sp³-hybridized carbons (Fsp3) is 0.714. The number of rotatable bonds is 3. The average molecular weight is 248 g/mol. The molecule has 1 atom stereocenters. The SMILES string of the molecule is CC1CCCN(c2cnc(C(C)C)nc2CN)C1. The van der Waals surface area contributed by atoms with Gasteiger partial charge >= 0.3 is 0 Å². The van der Waals surface area contributed by atoms with Gasteiger partial charge < -0.3 is 10.6 Å². The first-order valence-corrected chi connectivity index (χ1v) is 6.92. The van der Waals surface area contributed by atoms with Gasteiger partial charge in [-0.3, -0.25) is 0 Å². The molecule has 1 aromatic rings. The molecule has 0 aliphatic carbocycles. The lowest BCUT2D eigenvalue weighted by molar-refractivity contribution is 0.445. The second kappa shape index (κ2) is 5.65. The summed E-state index contributed by atoms with van der Waals surface area (Å²) >= 11 is 0. The Bertz CT molecular complexity index is 403. The van der Waals surface area contributed by atoms with E-state index in [1.165, 1.54) is 12.8 Å². The van der Waals surface area contributed by atoms with Gasteiger partial charge in [-0.25, -0.2) is 9.97 Å². The summed E-state index contributed by atoms with van der Waals surface area (Å²) in [4.78, 5) is 11.5. The van der Waals surface area contributed by atoms with Crippen molar-refractivity contribution in [3.05, 3.63) is 17.7 Å². The highest BCUT2D eigenvalue weighted by Gasteiger charge is 2.20. The minimum atomic E-state index is 0.352. The van der Waals surface area contributed by atoms with E-state index in [1.54, 1.807) is 0 Å². The number of aromatic nitrogens is 2. The Labute approximate surface area is 110 Å². The van der Waals surface area contributed by atoms with Crippen molar-refractivity contribution in [1.29, 1.82) is 0 Å². The Morgan fingerprint density at radius 3 is 2.89 bits per heavy atom. The highest BCUT2D eigenvalue weighted by atomic mass is 15.2. The molecular weight excluding hydrogens is 224 g/mol. The summed E-state index contributed by atoms with van der Waals surface area (Å²) in [6.45, 7) is 9.20. The molecule has 0 saturated carbocycles. The topological polar surface area (TPSA) is 55.0 Å². The van der Waals surface area contributed by atoms with Crippen LogP contribution >= 0.6 is 0 Å². The van der Waals surface area contributed by atoms with E-state index < -0.39 is 0 Å². The lowest BCUT2D eigenvalue weighted by Gasteiger charge is -2.33. The quantitative estimate of drug-likeness (QED) is 0.891. The molecule has 0 bridgehead atoms. The van der Waals surface area contributed by atoms with Crippen LogP contribution in [0.1, 0.15) is 51.0 Å². The van der Waals surface area contributed by atoms with E-state index in [0.29, 0.717) is 12.5 Å². The van der Waals surface area contributed by atoms with Crippen molar-refractivity contribution in [1.82, 2.24) is 9.97 Å². The van der Waals surface area contributed by atoms with Crippen molar-refractivity contribution in [2.75, 3.05) is 18.0 Å². The van der Waals surface area contributed by atoms with Crippen LogP contribution in [0.3, 0.4) is 0 Å². The van der Waals surface area contributed by atoms with Crippen LogP contribution in [0.25, 0.3) is 0 Å². The Hall–Kier alpha value is -1.16. The summed E-state index contributed by atoms with van der Waals surface area (Å²) in [5.41, 5.74) is 7.97. The van der Waals surface area contributed by atoms with Gasteiger partial charge in [0, 0.05) is 25.6 Å². The molecule has 1 unspecified atom stereocenters. The summed E-state index contributed by atoms with van der Waals surface area (Å²) in [5, 5.41) is 0. The standard InChI is InChI=1S/C14H24N4/c1-10(2)14-16-8-13(12(7-15)17-14)18-6-4-5-11(3)9-18/h8,10-11H,4-7,9,15H2,1-3H3. The van der Waals surface area contributed by atoms with E-state index in [9.17, 15) is 0 Å². The molecule has 1 aliphatic heterocycles. The molecule has 1 fully saturated rings. The number of anilines is 1. The van der Waals surface area contributed by atoms with Gasteiger partial charge in [-0.2, -0.15) is 0 Å². The van der Waals surface area contributed by atoms with Crippen molar-refractivity contribution < 1.29 is 0 Å². The first-order chi connectivity index (χ1) is 8.61. The molecule has 0 amide bonds. The maximum absolute atomic E-state index is 5.84. The van der Waals surface area contributed by atoms with Gasteiger partial charge in [0.15, 0.2) is 0 Å². The molecule has 100 valence electrons. The van der Waals surface area contributed by atoms with Gasteiger partial charge in [0.2, 0.25) is 0 Å². The Balaban J connectivity index is 2.26. The molecule has 0 aromatic carbocycles. The van der Waals surface area contributed by atoms with Crippen LogP contribution in [-0.4, -0.2) is 23.1 Å². The minimum Gasteiger partial charge on any atom is -0.369 e. The fourth-order valence-corrected chi connectivity index (χ4v) is 2.53. The molecule has 1 saturated heterocycles. The van der Waals surface area contributed by atoms with Gasteiger partial charge in [0.25, 0.3) is 0 Å². The van der Waals surface area contributed by atoms with E-state index in [4.69, 9.17) is 5.73 Å². The molecule has 2 N–H and O–H groups in total. The Kier molecular flexibility index (Phi) is 4.17. The summed E-state index contributed by atoms with van der Waals surface area (Å²) in [6, 6.07) is 0. The number of piperidine rings is 1. The second-order valence-electron chi connectivity index (χ2n) is 5.61. The van der Waals surface area contributed by atoms with Crippen molar-refractivity contribution in [2.45, 2.75) is 46.1 Å². The monoisotopic (exact) mass is 248 g/mol. The number of hydrogen-bond donors (Lipinski definition) is 1. The predicted octanol–water partition coefficient (Wildman–Crippen LogP) is 2.29. The molecule has 1 aromatic heterocycles. The summed E-state index contributed by atoms with van der Waals surface area (Å²) < 4.78 is 0. The zero-order valence-electron chi connectivity index (χ0n) is 11.7. The van der Waals surface area contributed by atoms with Gasteiger partial charge in [0.05, 0.1) is 17.6 Å². The first kappa shape index (κ1) is 13.3. The van der Waals surface area contributed by atoms with Gasteiger partial charge in [-0.15, -0.1) is 0 Å². The zero-order valence-corrected chi connectivity index (χ0v) is 11.7. The average Bonchev–Trinajstić information content (AvgIpc) is 2.37. The van der Waals surface area contributed by atoms with E-state index >= 15 is 0 Å². The first-order valence-electron chi connectivity index (χ1n) is 6.92. The molecule has 0 spiro atoms. The van der Waals surface area contributed by atoms with Crippen molar-refractivity contribution >= 4 is 5.69 Å². The number of hydrogen-bond acceptors (Lipinski definition) is 4. The summed E-state index contributed by atoms with van der Waals surface area (Å²) in [7, 11) is 0. The minimum absolute atomic E-state index is 0.352. The lowest BCUT2D eigenvalue weighted by Crippen LogP contribution is -2.35. The molecular formula is C14H24N4. The van der Waals surface area contributed by atoms with E-state index in [0.717, 1.165) is 36.2 Å². The normalized spacial score (nSPS) is 20.5. The van der Waals surface area contributed by atoms with Crippen LogP contribution in [-0.2, 0) is 6.54 Å². The zero-order chi connectivity index (χ0) is 13.1. The van der Waals surface area contributed by atoms with Crippen LogP contribution in [0.4, 0.5) is 5.69 Å². The van der Waals surface area contributed by atoms with Gasteiger partial charge in [-0.05, 0) is 18.8 Å². The lowest BCUT2D eigenvalue weighted by atomic mass is 10.00. The highest BCUT2D eigenvalue weighted by Crippen LogP contribution is 2.25. The van der Waals surface area contributed by atoms with Crippen LogP contribution in [0, 0.1) is 5.92 Å². The smallest absolute Gasteiger partial charge is 0.131 e. The van der Waals surface area contributed by atoms with Crippen LogP contribution in [0.5, 0.6) is 0 Å². The maximum Gasteiger partial charge on any atom is 0.131 e. The molecule has 4 heteroatoms. The highest BCUT2D eigenvalue weighted by molar-refractivity contribution is 5.49. The van der Waals surface area contributed by atoms with Crippen molar-refractivity contribution in [3.63, 3.8) is 0 Å². The van der Waals surface area contributed by atoms with Gasteiger partial charge in [0.1, 0.15) is 5.82 Å². The van der Waals surface area contributed by atoms with Crippen molar-refractivity contribution in [3.8, 4) is 0 Å². The fourth-order valence-electron chi connectivity index (χ4n) is 2.53. The summed E-state index contributed by atoms with van der Waals surface area (Å²) in [5.74, 6) is 1.99. The van der Waals surface area contributed by atoms with E-state index in [1.807, 2.05) is 6.20 Å². The second-order valence-corrected chi connectivity index (χ2v) is 5.61. The van der Waals surface area contributed by atoms with Crippen molar-refractivity contribution in [2.24, 2.45) is 11.7 Å². The number of nitrogens with zero attached hydrogens (tertiary/aromatic N) is 3. The molecule has 0 radical (unpaired) electrons. The molecule has 4 nitrogen and oxygen atoms in total. The molecule has 2 heterocycles.